The van der Waals surface area contributed by atoms with E-state index in [1.807, 2.05) is 0 Å². The highest BCUT2D eigenvalue weighted by Gasteiger charge is 2.02. The summed E-state index contributed by atoms with van der Waals surface area (Å²) in [6.07, 6.45) is 0.867. The molecule has 0 aliphatic rings. The fraction of sp³-hybridized carbons (Fsp3) is 0.500. The van der Waals surface area contributed by atoms with Crippen LogP contribution in [0.3, 0.4) is 0 Å². The molecule has 0 saturated carbocycles. The fourth-order valence-corrected chi connectivity index (χ4v) is 1.67. The summed E-state index contributed by atoms with van der Waals surface area (Å²) < 4.78 is 0. The topological polar surface area (TPSA) is 38.5 Å². The Hall–Kier alpha value is -1.06. The van der Waals surface area contributed by atoms with Gasteiger partial charge in [-0.25, -0.2) is 5.90 Å². The van der Waals surface area contributed by atoms with E-state index in [0.717, 1.165) is 19.5 Å². The minimum Gasteiger partial charge on any atom is -0.372 e. The summed E-state index contributed by atoms with van der Waals surface area (Å²) in [6, 6.07) is 8.53. The second-order valence-corrected chi connectivity index (χ2v) is 3.46. The Balaban J connectivity index is 2.72. The van der Waals surface area contributed by atoms with Gasteiger partial charge in [-0.05, 0) is 38.0 Å². The van der Waals surface area contributed by atoms with Gasteiger partial charge in [0.05, 0.1) is 6.61 Å². The van der Waals surface area contributed by atoms with E-state index in [1.165, 1.54) is 11.3 Å². The van der Waals surface area contributed by atoms with E-state index in [2.05, 4.69) is 47.9 Å². The lowest BCUT2D eigenvalue weighted by molar-refractivity contribution is 0.141. The van der Waals surface area contributed by atoms with Crippen LogP contribution in [0.1, 0.15) is 19.4 Å². The zero-order valence-electron chi connectivity index (χ0n) is 9.57. The molecule has 15 heavy (non-hydrogen) atoms. The van der Waals surface area contributed by atoms with Crippen LogP contribution >= 0.6 is 0 Å². The number of benzene rings is 1. The van der Waals surface area contributed by atoms with Crippen molar-refractivity contribution in [3.63, 3.8) is 0 Å². The third-order valence-electron chi connectivity index (χ3n) is 2.55. The van der Waals surface area contributed by atoms with Crippen LogP contribution in [0.5, 0.6) is 0 Å². The van der Waals surface area contributed by atoms with E-state index < -0.39 is 0 Å². The van der Waals surface area contributed by atoms with Crippen LogP contribution in [-0.2, 0) is 11.3 Å². The van der Waals surface area contributed by atoms with Crippen molar-refractivity contribution < 1.29 is 4.84 Å². The molecule has 3 heteroatoms. The van der Waals surface area contributed by atoms with Crippen molar-refractivity contribution in [3.05, 3.63) is 29.8 Å². The summed E-state index contributed by atoms with van der Waals surface area (Å²) in [5.41, 5.74) is 2.54. The highest BCUT2D eigenvalue weighted by Crippen LogP contribution is 2.16. The van der Waals surface area contributed by atoms with E-state index >= 15 is 0 Å². The predicted molar refractivity (Wildman–Crippen MR) is 63.8 cm³/mol. The lowest BCUT2D eigenvalue weighted by Gasteiger charge is -2.21. The van der Waals surface area contributed by atoms with Gasteiger partial charge in [0.25, 0.3) is 0 Å². The van der Waals surface area contributed by atoms with Crippen LogP contribution in [0.25, 0.3) is 0 Å². The molecule has 2 N–H and O–H groups in total. The summed E-state index contributed by atoms with van der Waals surface area (Å²) in [6.45, 7) is 6.97. The van der Waals surface area contributed by atoms with Gasteiger partial charge in [-0.1, -0.05) is 12.1 Å². The van der Waals surface area contributed by atoms with Gasteiger partial charge in [0.2, 0.25) is 0 Å². The lowest BCUT2D eigenvalue weighted by Crippen LogP contribution is -2.21. The van der Waals surface area contributed by atoms with Gasteiger partial charge in [0, 0.05) is 18.8 Å². The van der Waals surface area contributed by atoms with Crippen molar-refractivity contribution in [3.8, 4) is 0 Å². The van der Waals surface area contributed by atoms with Crippen LogP contribution in [0.15, 0.2) is 24.3 Å². The van der Waals surface area contributed by atoms with Crippen LogP contribution in [0.2, 0.25) is 0 Å². The molecule has 0 amide bonds. The van der Waals surface area contributed by atoms with E-state index in [9.17, 15) is 0 Å². The first-order valence-electron chi connectivity index (χ1n) is 5.47. The molecule has 0 bridgehead atoms. The second-order valence-electron chi connectivity index (χ2n) is 3.46. The number of hydrogen-bond acceptors (Lipinski definition) is 3. The summed E-state index contributed by atoms with van der Waals surface area (Å²) in [7, 11) is 0. The maximum atomic E-state index is 5.02. The molecule has 0 atom stereocenters. The molecule has 1 aromatic rings. The lowest BCUT2D eigenvalue weighted by atomic mass is 10.1. The highest BCUT2D eigenvalue weighted by atomic mass is 16.6. The van der Waals surface area contributed by atoms with Crippen molar-refractivity contribution in [2.75, 3.05) is 24.6 Å². The smallest absolute Gasteiger partial charge is 0.0719 e. The fourth-order valence-electron chi connectivity index (χ4n) is 1.67. The molecular weight excluding hydrogens is 188 g/mol. The van der Waals surface area contributed by atoms with Gasteiger partial charge in [0.15, 0.2) is 0 Å². The van der Waals surface area contributed by atoms with Gasteiger partial charge in [-0.2, -0.15) is 0 Å². The third kappa shape index (κ3) is 3.53. The van der Waals surface area contributed by atoms with Gasteiger partial charge in [0.1, 0.15) is 0 Å². The molecule has 0 aliphatic heterocycles. The van der Waals surface area contributed by atoms with E-state index in [0.29, 0.717) is 6.61 Å². The summed E-state index contributed by atoms with van der Waals surface area (Å²) >= 11 is 0. The maximum Gasteiger partial charge on any atom is 0.0719 e. The van der Waals surface area contributed by atoms with Crippen molar-refractivity contribution in [1.29, 1.82) is 0 Å². The number of nitrogens with two attached hydrogens (primary N) is 1. The molecule has 0 aliphatic carbocycles. The molecule has 0 radical (unpaired) electrons. The second kappa shape index (κ2) is 6.43. The molecule has 0 spiro atoms. The average Bonchev–Trinajstić information content (AvgIpc) is 2.29. The predicted octanol–water partition coefficient (Wildman–Crippen LogP) is 1.97. The molecular formula is C12H20N2O. The van der Waals surface area contributed by atoms with Crippen LogP contribution in [-0.4, -0.2) is 19.7 Å². The zero-order valence-corrected chi connectivity index (χ0v) is 9.57. The highest BCUT2D eigenvalue weighted by molar-refractivity contribution is 5.48. The number of rotatable bonds is 6. The SMILES string of the molecule is CCN(CC)c1cccc(CCON)c1. The molecule has 1 rings (SSSR count). The number of anilines is 1. The van der Waals surface area contributed by atoms with E-state index in [1.54, 1.807) is 0 Å². The van der Waals surface area contributed by atoms with E-state index in [4.69, 9.17) is 5.90 Å². The van der Waals surface area contributed by atoms with Crippen LogP contribution in [0, 0.1) is 0 Å². The van der Waals surface area contributed by atoms with Crippen LogP contribution in [0.4, 0.5) is 5.69 Å². The van der Waals surface area contributed by atoms with Crippen molar-refractivity contribution in [1.82, 2.24) is 0 Å². The average molecular weight is 208 g/mol. The standard InChI is InChI=1S/C12H20N2O/c1-3-14(4-2)12-7-5-6-11(10-12)8-9-15-13/h5-7,10H,3-4,8-9,13H2,1-2H3. The normalized spacial score (nSPS) is 10.3. The third-order valence-corrected chi connectivity index (χ3v) is 2.55. The van der Waals surface area contributed by atoms with E-state index in [-0.39, 0.29) is 0 Å². The largest absolute Gasteiger partial charge is 0.372 e. The molecule has 0 heterocycles. The van der Waals surface area contributed by atoms with Gasteiger partial charge in [-0.15, -0.1) is 0 Å². The number of nitrogens with zero attached hydrogens (tertiary/aromatic N) is 1. The Labute approximate surface area is 91.8 Å². The van der Waals surface area contributed by atoms with Gasteiger partial charge in [-0.3, -0.25) is 0 Å². The summed E-state index contributed by atoms with van der Waals surface area (Å²) in [5.74, 6) is 5.02. The molecule has 0 fully saturated rings. The molecule has 0 saturated heterocycles. The minimum atomic E-state index is 0.571. The Morgan fingerprint density at radius 2 is 2.00 bits per heavy atom. The molecule has 1 aromatic carbocycles. The van der Waals surface area contributed by atoms with Crippen molar-refractivity contribution in [2.45, 2.75) is 20.3 Å². The first-order valence-corrected chi connectivity index (χ1v) is 5.47. The zero-order chi connectivity index (χ0) is 11.1. The quantitative estimate of drug-likeness (QED) is 0.726. The molecule has 0 aromatic heterocycles. The molecule has 3 nitrogen and oxygen atoms in total. The Morgan fingerprint density at radius 3 is 2.60 bits per heavy atom. The Kier molecular flexibility index (Phi) is 5.15. The summed E-state index contributed by atoms with van der Waals surface area (Å²) in [5, 5.41) is 0. The Bertz CT molecular complexity index is 285. The summed E-state index contributed by atoms with van der Waals surface area (Å²) in [4.78, 5) is 6.91. The van der Waals surface area contributed by atoms with Gasteiger partial charge >= 0.3 is 0 Å². The maximum absolute atomic E-state index is 5.02. The first kappa shape index (κ1) is 12.0. The minimum absolute atomic E-state index is 0.571. The monoisotopic (exact) mass is 208 g/mol. The Morgan fingerprint density at radius 1 is 1.27 bits per heavy atom. The molecule has 84 valence electrons. The van der Waals surface area contributed by atoms with Crippen LogP contribution < -0.4 is 10.8 Å². The molecule has 0 unspecified atom stereocenters. The van der Waals surface area contributed by atoms with Crippen molar-refractivity contribution in [2.24, 2.45) is 5.90 Å². The first-order chi connectivity index (χ1) is 7.31. The van der Waals surface area contributed by atoms with Crippen molar-refractivity contribution >= 4 is 5.69 Å². The number of hydrogen-bond donors (Lipinski definition) is 1. The van der Waals surface area contributed by atoms with Gasteiger partial charge < -0.3 is 9.74 Å².